The van der Waals surface area contributed by atoms with E-state index in [9.17, 15) is 14.4 Å². The zero-order valence-corrected chi connectivity index (χ0v) is 28.0. The first-order chi connectivity index (χ1) is 19.9. The van der Waals surface area contributed by atoms with Crippen LogP contribution in [0.4, 0.5) is 0 Å². The number of rotatable bonds is 19. The molecule has 2 rings (SSSR count). The quantitative estimate of drug-likeness (QED) is 0.174. The van der Waals surface area contributed by atoms with Crippen LogP contribution >= 0.6 is 22.7 Å². The zero-order chi connectivity index (χ0) is 31.8. The van der Waals surface area contributed by atoms with Crippen molar-refractivity contribution in [3.8, 4) is 0 Å². The van der Waals surface area contributed by atoms with Crippen LogP contribution in [0.2, 0.25) is 0 Å². The topological polar surface area (TPSA) is 122 Å². The van der Waals surface area contributed by atoms with Crippen molar-refractivity contribution in [1.29, 1.82) is 0 Å². The summed E-state index contributed by atoms with van der Waals surface area (Å²) < 4.78 is 11.6. The van der Waals surface area contributed by atoms with Gasteiger partial charge in [-0.2, -0.15) is 0 Å². The largest absolute Gasteiger partial charge is 0.476 e. The van der Waals surface area contributed by atoms with E-state index in [1.807, 2.05) is 49.9 Å². The lowest BCUT2D eigenvalue weighted by Crippen LogP contribution is -2.40. The van der Waals surface area contributed by atoms with Crippen LogP contribution in [0.1, 0.15) is 92.8 Å². The second kappa shape index (κ2) is 20.1. The molecule has 0 saturated carbocycles. The molecule has 0 aliphatic heterocycles. The van der Waals surface area contributed by atoms with Crippen molar-refractivity contribution in [1.82, 2.24) is 19.6 Å². The number of carbonyl (C=O) groups is 3. The Morgan fingerprint density at radius 1 is 0.881 bits per heavy atom. The van der Waals surface area contributed by atoms with Crippen LogP contribution in [0, 0.1) is 18.8 Å². The zero-order valence-electron chi connectivity index (χ0n) is 26.4. The third-order valence-corrected chi connectivity index (χ3v) is 8.74. The third-order valence-electron chi connectivity index (χ3n) is 6.75. The molecule has 42 heavy (non-hydrogen) atoms. The number of aromatic carboxylic acids is 1. The number of carboxylic acids is 1. The van der Waals surface area contributed by atoms with Crippen molar-refractivity contribution in [2.45, 2.75) is 85.6 Å². The van der Waals surface area contributed by atoms with E-state index in [-0.39, 0.29) is 30.0 Å². The Balaban J connectivity index is 0.000000422. The van der Waals surface area contributed by atoms with Gasteiger partial charge in [0.1, 0.15) is 22.2 Å². The number of carboxylic acid groups (broad SMARTS) is 1. The molecule has 2 aromatic heterocycles. The van der Waals surface area contributed by atoms with Gasteiger partial charge in [-0.1, -0.05) is 27.7 Å². The lowest BCUT2D eigenvalue weighted by molar-refractivity contribution is 0.0362. The summed E-state index contributed by atoms with van der Waals surface area (Å²) >= 11 is 2.93. The number of thiazole rings is 2. The molecule has 4 atom stereocenters. The minimum Gasteiger partial charge on any atom is -0.476 e. The average molecular weight is 620 g/mol. The highest BCUT2D eigenvalue weighted by Gasteiger charge is 2.28. The summed E-state index contributed by atoms with van der Waals surface area (Å²) in [6.45, 7) is 15.5. The number of nitrogens with zero attached hydrogens (tertiary/aromatic N) is 4. The van der Waals surface area contributed by atoms with Crippen molar-refractivity contribution in [3.05, 3.63) is 32.2 Å². The molecule has 14 heteroatoms. The number of ether oxygens (including phenoxy) is 2. The highest BCUT2D eigenvalue weighted by molar-refractivity contribution is 7.10. The van der Waals surface area contributed by atoms with Gasteiger partial charge in [0.2, 0.25) is 0 Å². The first kappa shape index (κ1) is 38.1. The SMILES string of the molecule is CCO[C@@H](CC(C(C)C)N(C)[B]C=O)c1nc(C(=O)O)cs1.CCO[C@H](C[C@@H](C(C)C)N(C)[B]C=O)c1nc(C)cs1. The van der Waals surface area contributed by atoms with Gasteiger partial charge in [-0.25, -0.2) is 14.8 Å². The van der Waals surface area contributed by atoms with Crippen LogP contribution in [0.15, 0.2) is 10.8 Å². The Kier molecular flexibility index (Phi) is 18.2. The number of aromatic nitrogens is 2. The fraction of sp³-hybridized carbons (Fsp3) is 0.679. The minimum atomic E-state index is -1.04. The van der Waals surface area contributed by atoms with Gasteiger partial charge < -0.3 is 33.8 Å². The molecule has 0 aliphatic rings. The smallest absolute Gasteiger partial charge is 0.355 e. The van der Waals surface area contributed by atoms with Gasteiger partial charge in [0.15, 0.2) is 5.69 Å². The molecule has 2 radical (unpaired) electrons. The highest BCUT2D eigenvalue weighted by atomic mass is 32.1. The summed E-state index contributed by atoms with van der Waals surface area (Å²) in [5.74, 6) is -0.298. The molecule has 0 spiro atoms. The standard InChI is InChI=1S/C14H22BN2O4S.C14H24BN2O2S/c1-5-21-12(13-16-10(7-22-13)14(19)20)6-11(9(2)3)17(4)15-8-18;1-6-19-13(14-16-11(4)8-20-14)7-12(10(2)3)17(5)15-9-18/h7-9,11-12H,5-6H2,1-4H3,(H,19,20);8-10,12-13H,6-7H2,1-5H3/t11?,12-;12-,13+/m00/s1. The summed E-state index contributed by atoms with van der Waals surface area (Å²) in [7, 11) is 6.88. The molecule has 0 aromatic carbocycles. The molecular formula is C28H46B2N4O6S2. The summed E-state index contributed by atoms with van der Waals surface area (Å²) in [6.07, 6.45) is 2.78. The highest BCUT2D eigenvalue weighted by Crippen LogP contribution is 2.30. The Bertz CT molecular complexity index is 1070. The Morgan fingerprint density at radius 2 is 1.31 bits per heavy atom. The third kappa shape index (κ3) is 12.7. The van der Waals surface area contributed by atoms with E-state index in [1.54, 1.807) is 18.8 Å². The van der Waals surface area contributed by atoms with Crippen molar-refractivity contribution >= 4 is 55.8 Å². The Hall–Kier alpha value is -1.96. The van der Waals surface area contributed by atoms with Crippen LogP contribution < -0.4 is 0 Å². The van der Waals surface area contributed by atoms with Crippen LogP contribution in [-0.2, 0) is 19.1 Å². The van der Waals surface area contributed by atoms with Crippen molar-refractivity contribution in [3.63, 3.8) is 0 Å². The monoisotopic (exact) mass is 620 g/mol. The lowest BCUT2D eigenvalue weighted by atomic mass is 9.86. The molecule has 2 aromatic rings. The van der Waals surface area contributed by atoms with Crippen molar-refractivity contribution in [2.24, 2.45) is 11.8 Å². The van der Waals surface area contributed by atoms with E-state index in [4.69, 9.17) is 14.6 Å². The van der Waals surface area contributed by atoms with Gasteiger partial charge in [0, 0.05) is 41.8 Å². The lowest BCUT2D eigenvalue weighted by Gasteiger charge is -2.32. The maximum Gasteiger partial charge on any atom is 0.355 e. The first-order valence-electron chi connectivity index (χ1n) is 14.2. The van der Waals surface area contributed by atoms with E-state index in [2.05, 4.69) is 37.7 Å². The molecule has 10 nitrogen and oxygen atoms in total. The molecule has 1 unspecified atom stereocenters. The van der Waals surface area contributed by atoms with E-state index in [1.165, 1.54) is 24.1 Å². The van der Waals surface area contributed by atoms with Crippen LogP contribution in [-0.4, -0.2) is 97.3 Å². The molecule has 0 amide bonds. The average Bonchev–Trinajstić information content (AvgIpc) is 3.59. The van der Waals surface area contributed by atoms with Crippen molar-refractivity contribution < 1.29 is 29.0 Å². The molecule has 0 saturated heterocycles. The van der Waals surface area contributed by atoms with Gasteiger partial charge >= 0.3 is 5.97 Å². The fourth-order valence-electron chi connectivity index (χ4n) is 4.61. The second-order valence-corrected chi connectivity index (χ2v) is 12.4. The summed E-state index contributed by atoms with van der Waals surface area (Å²) in [6, 6.07) is 0.347. The maximum absolute atomic E-state index is 11.0. The van der Waals surface area contributed by atoms with Gasteiger partial charge in [-0.15, -0.1) is 22.7 Å². The number of carbonyl (C=O) groups excluding carboxylic acids is 2. The van der Waals surface area contributed by atoms with Gasteiger partial charge in [-0.05, 0) is 59.5 Å². The maximum atomic E-state index is 11.0. The summed E-state index contributed by atoms with van der Waals surface area (Å²) in [5.41, 5.74) is 1.07. The minimum absolute atomic E-state index is 0.00592. The van der Waals surface area contributed by atoms with E-state index in [0.29, 0.717) is 36.5 Å². The summed E-state index contributed by atoms with van der Waals surface area (Å²) in [5, 5.41) is 14.2. The van der Waals surface area contributed by atoms with Gasteiger partial charge in [0.25, 0.3) is 14.8 Å². The van der Waals surface area contributed by atoms with E-state index >= 15 is 0 Å². The molecule has 0 bridgehead atoms. The molecular weight excluding hydrogens is 574 g/mol. The number of aryl methyl sites for hydroxylation is 1. The first-order valence-corrected chi connectivity index (χ1v) is 16.0. The van der Waals surface area contributed by atoms with Gasteiger partial charge in [0.05, 0.1) is 12.4 Å². The van der Waals surface area contributed by atoms with Crippen LogP contribution in [0.5, 0.6) is 0 Å². The number of hydrogen-bond acceptors (Lipinski definition) is 11. The molecule has 232 valence electrons. The Labute approximate surface area is 260 Å². The molecule has 1 N–H and O–H groups in total. The predicted molar refractivity (Wildman–Crippen MR) is 172 cm³/mol. The number of hydrogen-bond donors (Lipinski definition) is 1. The Morgan fingerprint density at radius 3 is 1.62 bits per heavy atom. The second-order valence-electron chi connectivity index (χ2n) is 10.6. The van der Waals surface area contributed by atoms with E-state index in [0.717, 1.165) is 29.5 Å². The van der Waals surface area contributed by atoms with Gasteiger partial charge in [-0.3, -0.25) is 0 Å². The molecule has 2 heterocycles. The van der Waals surface area contributed by atoms with E-state index < -0.39 is 5.97 Å². The predicted octanol–water partition coefficient (Wildman–Crippen LogP) is 4.76. The normalized spacial score (nSPS) is 14.3. The van der Waals surface area contributed by atoms with Crippen LogP contribution in [0.25, 0.3) is 0 Å². The van der Waals surface area contributed by atoms with Crippen molar-refractivity contribution in [2.75, 3.05) is 27.3 Å². The fourth-order valence-corrected chi connectivity index (χ4v) is 6.32. The molecule has 0 aliphatic carbocycles. The summed E-state index contributed by atoms with van der Waals surface area (Å²) in [4.78, 5) is 44.9. The molecule has 0 fully saturated rings. The van der Waals surface area contributed by atoms with Crippen LogP contribution in [0.3, 0.4) is 0 Å².